The summed E-state index contributed by atoms with van der Waals surface area (Å²) >= 11 is 2.08. The summed E-state index contributed by atoms with van der Waals surface area (Å²) in [5.41, 5.74) is 1.25. The van der Waals surface area contributed by atoms with Crippen molar-refractivity contribution in [3.8, 4) is 0 Å². The van der Waals surface area contributed by atoms with Crippen LogP contribution in [0.3, 0.4) is 0 Å². The summed E-state index contributed by atoms with van der Waals surface area (Å²) in [5.74, 6) is -3.34. The largest absolute Gasteiger partial charge is 0.459 e. The van der Waals surface area contributed by atoms with Crippen LogP contribution < -0.4 is 0 Å². The topological polar surface area (TPSA) is 144 Å². The molecule has 55 heavy (non-hydrogen) atoms. The molecule has 5 aromatic carbocycles. The number of para-hydroxylation sites is 1. The van der Waals surface area contributed by atoms with E-state index in [9.17, 15) is 24.0 Å². The minimum Gasteiger partial charge on any atom is -0.459 e. The molecular formula is C42H31NO10S2. The molecule has 0 aliphatic carbocycles. The van der Waals surface area contributed by atoms with E-state index >= 15 is 0 Å². The van der Waals surface area contributed by atoms with Crippen molar-refractivity contribution in [2.24, 2.45) is 0 Å². The highest BCUT2D eigenvalue weighted by Crippen LogP contribution is 2.47. The van der Waals surface area contributed by atoms with Gasteiger partial charge in [-0.2, -0.15) is 0 Å². The number of ether oxygens (including phenoxy) is 5. The van der Waals surface area contributed by atoms with Crippen molar-refractivity contribution < 1.29 is 47.7 Å². The molecule has 1 fully saturated rings. The zero-order chi connectivity index (χ0) is 38.2. The Labute approximate surface area is 323 Å². The van der Waals surface area contributed by atoms with Crippen LogP contribution in [0.4, 0.5) is 0 Å². The van der Waals surface area contributed by atoms with Gasteiger partial charge in [-0.25, -0.2) is 24.2 Å². The summed E-state index contributed by atoms with van der Waals surface area (Å²) in [6, 6.07) is 39.5. The molecule has 1 aliphatic heterocycles. The molecule has 0 spiro atoms. The maximum Gasteiger partial charge on any atom is 0.338 e. The van der Waals surface area contributed by atoms with Crippen LogP contribution in [0, 0.1) is 0 Å². The fourth-order valence-electron chi connectivity index (χ4n) is 5.87. The second-order valence-corrected chi connectivity index (χ2v) is 14.7. The molecule has 6 aromatic rings. The van der Waals surface area contributed by atoms with E-state index in [0.29, 0.717) is 16.1 Å². The second kappa shape index (κ2) is 16.9. The van der Waals surface area contributed by atoms with Crippen molar-refractivity contribution in [3.05, 3.63) is 168 Å². The number of nitrogens with zero attached hydrogens (tertiary/aromatic N) is 1. The quantitative estimate of drug-likeness (QED) is 0.0704. The van der Waals surface area contributed by atoms with Gasteiger partial charge in [-0.15, -0.1) is 11.3 Å². The van der Waals surface area contributed by atoms with Gasteiger partial charge in [0.1, 0.15) is 12.7 Å². The fraction of sp³-hybridized carbons (Fsp3) is 0.143. The predicted molar refractivity (Wildman–Crippen MR) is 203 cm³/mol. The molecule has 13 heteroatoms. The minimum absolute atomic E-state index is 0.122. The highest BCUT2D eigenvalue weighted by Gasteiger charge is 2.62. The molecule has 0 unspecified atom stereocenters. The van der Waals surface area contributed by atoms with E-state index in [1.54, 1.807) is 91.0 Å². The molecule has 0 amide bonds. The molecule has 0 N–H and O–H groups in total. The molecule has 2 heterocycles. The SMILES string of the molecule is O=C[C@]1(Sc2nc3ccccc3s2)O[C@H](COC(=O)c2ccccc2)[C@H](OC(=O)c2ccccc2)[C@H](OC(=O)c2ccccc2)[C@H]1OC(=O)c1ccccc1. The van der Waals surface area contributed by atoms with Gasteiger partial charge in [0.05, 0.1) is 32.5 Å². The van der Waals surface area contributed by atoms with E-state index in [4.69, 9.17) is 23.7 Å². The molecule has 7 rings (SSSR count). The Hall–Kier alpha value is -6.15. The number of esters is 4. The van der Waals surface area contributed by atoms with Crippen molar-refractivity contribution >= 4 is 63.5 Å². The average molecular weight is 774 g/mol. The number of carbonyl (C=O) groups is 5. The van der Waals surface area contributed by atoms with Gasteiger partial charge >= 0.3 is 23.9 Å². The second-order valence-electron chi connectivity index (χ2n) is 12.2. The van der Waals surface area contributed by atoms with Crippen LogP contribution in [-0.2, 0) is 28.5 Å². The first-order chi connectivity index (χ1) is 26.8. The first-order valence-electron chi connectivity index (χ1n) is 17.0. The predicted octanol–water partition coefficient (Wildman–Crippen LogP) is 7.22. The van der Waals surface area contributed by atoms with E-state index < -0.39 is 59.8 Å². The van der Waals surface area contributed by atoms with Crippen LogP contribution in [-0.4, -0.2) is 71.1 Å². The third-order valence-corrected chi connectivity index (χ3v) is 10.9. The summed E-state index contributed by atoms with van der Waals surface area (Å²) in [5, 5.41) is 0. The summed E-state index contributed by atoms with van der Waals surface area (Å²) in [7, 11) is 0. The Kier molecular flexibility index (Phi) is 11.4. The molecule has 1 aliphatic rings. The van der Waals surface area contributed by atoms with Gasteiger partial charge in [0.15, 0.2) is 28.9 Å². The van der Waals surface area contributed by atoms with E-state index in [0.717, 1.165) is 16.5 Å². The summed E-state index contributed by atoms with van der Waals surface area (Å²) in [6.07, 6.45) is -6.07. The Bertz CT molecular complexity index is 2260. The minimum atomic E-state index is -2.20. The lowest BCUT2D eigenvalue weighted by molar-refractivity contribution is -0.232. The maximum atomic E-state index is 13.9. The lowest BCUT2D eigenvalue weighted by Gasteiger charge is -2.48. The summed E-state index contributed by atoms with van der Waals surface area (Å²) < 4.78 is 31.8. The van der Waals surface area contributed by atoms with Crippen LogP contribution in [0.2, 0.25) is 0 Å². The van der Waals surface area contributed by atoms with Crippen molar-refractivity contribution in [1.29, 1.82) is 0 Å². The number of hydrogen-bond acceptors (Lipinski definition) is 13. The molecule has 11 nitrogen and oxygen atoms in total. The monoisotopic (exact) mass is 773 g/mol. The Morgan fingerprint density at radius 1 is 0.618 bits per heavy atom. The van der Waals surface area contributed by atoms with Crippen LogP contribution in [0.5, 0.6) is 0 Å². The van der Waals surface area contributed by atoms with Gasteiger partial charge in [0, 0.05) is 0 Å². The number of thiazole rings is 1. The molecule has 0 radical (unpaired) electrons. The standard InChI is InChI=1S/C42H31NO10S2/c44-26-42(55-41-43-31-23-13-14-24-33(31)54-41)36(52-40(48)30-21-11-4-12-22-30)35(51-39(47)29-19-9-3-10-20-29)34(50-38(46)28-17-7-2-8-18-28)32(53-42)25-49-37(45)27-15-5-1-6-16-27/h1-24,26,32,34-36H,25H2/t32-,34+,35+,36-,42-/m1/s1. The van der Waals surface area contributed by atoms with E-state index in [1.165, 1.54) is 47.7 Å². The van der Waals surface area contributed by atoms with Crippen molar-refractivity contribution in [3.63, 3.8) is 0 Å². The number of benzene rings is 5. The normalized spacial score (nSPS) is 20.5. The van der Waals surface area contributed by atoms with Crippen LogP contribution in [0.1, 0.15) is 41.4 Å². The van der Waals surface area contributed by atoms with Gasteiger partial charge in [-0.05, 0) is 72.4 Å². The molecule has 1 aromatic heterocycles. The maximum absolute atomic E-state index is 13.9. The smallest absolute Gasteiger partial charge is 0.338 e. The Balaban J connectivity index is 1.35. The molecule has 0 saturated carbocycles. The number of hydrogen-bond donors (Lipinski definition) is 0. The number of thioether (sulfide) groups is 1. The first kappa shape index (κ1) is 37.2. The fourth-order valence-corrected chi connectivity index (χ4v) is 8.33. The summed E-state index contributed by atoms with van der Waals surface area (Å²) in [6.45, 7) is -0.574. The number of fused-ring (bicyclic) bond motifs is 1. The molecule has 5 atom stereocenters. The number of rotatable bonds is 12. The number of carbonyl (C=O) groups excluding carboxylic acids is 5. The van der Waals surface area contributed by atoms with Crippen molar-refractivity contribution in [2.75, 3.05) is 6.61 Å². The molecule has 276 valence electrons. The van der Waals surface area contributed by atoms with Gasteiger partial charge in [-0.3, -0.25) is 4.79 Å². The average Bonchev–Trinajstić information content (AvgIpc) is 3.65. The van der Waals surface area contributed by atoms with Gasteiger partial charge < -0.3 is 23.7 Å². The van der Waals surface area contributed by atoms with E-state index in [2.05, 4.69) is 4.98 Å². The van der Waals surface area contributed by atoms with Crippen molar-refractivity contribution in [1.82, 2.24) is 4.98 Å². The highest BCUT2D eigenvalue weighted by atomic mass is 32.2. The zero-order valence-electron chi connectivity index (χ0n) is 28.8. The zero-order valence-corrected chi connectivity index (χ0v) is 30.4. The van der Waals surface area contributed by atoms with Crippen LogP contribution in [0.25, 0.3) is 10.2 Å². The number of aldehydes is 1. The molecular weight excluding hydrogens is 743 g/mol. The lowest BCUT2D eigenvalue weighted by atomic mass is 9.93. The van der Waals surface area contributed by atoms with Crippen molar-refractivity contribution in [2.45, 2.75) is 33.7 Å². The van der Waals surface area contributed by atoms with Gasteiger partial charge in [-0.1, -0.05) is 84.9 Å². The van der Waals surface area contributed by atoms with E-state index in [1.807, 2.05) is 18.2 Å². The van der Waals surface area contributed by atoms with E-state index in [-0.39, 0.29) is 22.3 Å². The number of aromatic nitrogens is 1. The summed E-state index contributed by atoms with van der Waals surface area (Å²) in [4.78, 5) is 71.0. The van der Waals surface area contributed by atoms with Crippen LogP contribution >= 0.6 is 23.1 Å². The third-order valence-electron chi connectivity index (χ3n) is 8.54. The lowest BCUT2D eigenvalue weighted by Crippen LogP contribution is -2.67. The Morgan fingerprint density at radius 3 is 1.58 bits per heavy atom. The first-order valence-corrected chi connectivity index (χ1v) is 18.7. The highest BCUT2D eigenvalue weighted by molar-refractivity contribution is 8.03. The van der Waals surface area contributed by atoms with Gasteiger partial charge in [0.2, 0.25) is 4.93 Å². The molecule has 0 bridgehead atoms. The Morgan fingerprint density at radius 2 is 1.07 bits per heavy atom. The molecule has 1 saturated heterocycles. The van der Waals surface area contributed by atoms with Crippen LogP contribution in [0.15, 0.2) is 150 Å². The van der Waals surface area contributed by atoms with Gasteiger partial charge in [0.25, 0.3) is 0 Å². The third kappa shape index (κ3) is 8.49.